The van der Waals surface area contributed by atoms with Gasteiger partial charge in [-0.15, -0.1) is 11.3 Å². The van der Waals surface area contributed by atoms with E-state index in [1.54, 1.807) is 12.3 Å². The molecular formula is C13H17N3O4S. The topological polar surface area (TPSA) is 96.5 Å². The monoisotopic (exact) mass is 311 g/mol. The highest BCUT2D eigenvalue weighted by atomic mass is 32.1. The van der Waals surface area contributed by atoms with Gasteiger partial charge in [0.1, 0.15) is 4.88 Å². The van der Waals surface area contributed by atoms with E-state index in [4.69, 9.17) is 0 Å². The summed E-state index contributed by atoms with van der Waals surface area (Å²) < 4.78 is 4.68. The molecule has 1 aliphatic rings. The average molecular weight is 311 g/mol. The summed E-state index contributed by atoms with van der Waals surface area (Å²) in [5.41, 5.74) is 1.24. The van der Waals surface area contributed by atoms with Crippen LogP contribution in [0.2, 0.25) is 0 Å². The van der Waals surface area contributed by atoms with Crippen molar-refractivity contribution in [1.82, 2.24) is 10.6 Å². The second kappa shape index (κ2) is 6.68. The molecule has 3 N–H and O–H groups in total. The Labute approximate surface area is 126 Å². The summed E-state index contributed by atoms with van der Waals surface area (Å²) >= 11 is 1.21. The first-order valence-corrected chi connectivity index (χ1v) is 7.38. The van der Waals surface area contributed by atoms with Gasteiger partial charge in [0.2, 0.25) is 11.8 Å². The van der Waals surface area contributed by atoms with Crippen molar-refractivity contribution < 1.29 is 19.1 Å². The van der Waals surface area contributed by atoms with Gasteiger partial charge in [-0.25, -0.2) is 4.79 Å². The van der Waals surface area contributed by atoms with Gasteiger partial charge < -0.3 is 20.7 Å². The fourth-order valence-electron chi connectivity index (χ4n) is 2.03. The van der Waals surface area contributed by atoms with Crippen molar-refractivity contribution in [2.24, 2.45) is 0 Å². The Kier molecular flexibility index (Phi) is 4.92. The van der Waals surface area contributed by atoms with E-state index in [-0.39, 0.29) is 18.2 Å². The third kappa shape index (κ3) is 3.59. The summed E-state index contributed by atoms with van der Waals surface area (Å²) in [6, 6.07) is -0.542. The summed E-state index contributed by atoms with van der Waals surface area (Å²) in [5, 5.41) is 10.1. The van der Waals surface area contributed by atoms with Crippen molar-refractivity contribution in [3.63, 3.8) is 0 Å². The number of methoxy groups -OCH3 is 1. The van der Waals surface area contributed by atoms with Crippen LogP contribution in [0.15, 0.2) is 5.38 Å². The van der Waals surface area contributed by atoms with Crippen LogP contribution in [0.4, 0.5) is 5.69 Å². The van der Waals surface area contributed by atoms with Crippen molar-refractivity contribution in [1.29, 1.82) is 0 Å². The van der Waals surface area contributed by atoms with Gasteiger partial charge in [0.05, 0.1) is 25.3 Å². The van der Waals surface area contributed by atoms with E-state index in [9.17, 15) is 14.4 Å². The molecule has 1 atom stereocenters. The second-order valence-corrected chi connectivity index (χ2v) is 5.54. The van der Waals surface area contributed by atoms with E-state index >= 15 is 0 Å². The number of piperazine rings is 1. The van der Waals surface area contributed by atoms with Crippen LogP contribution in [0.25, 0.3) is 0 Å². The SMILES string of the molecule is COC(=O)c1scc(C)c1NC(=O)C[C@H]1NCCNC1=O. The zero-order valence-corrected chi connectivity index (χ0v) is 12.6. The minimum absolute atomic E-state index is 0.0156. The maximum atomic E-state index is 12.1. The van der Waals surface area contributed by atoms with Crippen LogP contribution in [0.5, 0.6) is 0 Å². The smallest absolute Gasteiger partial charge is 0.350 e. The first-order chi connectivity index (χ1) is 10.0. The number of carbonyl (C=O) groups is 3. The quantitative estimate of drug-likeness (QED) is 0.693. The fraction of sp³-hybridized carbons (Fsp3) is 0.462. The van der Waals surface area contributed by atoms with Crippen molar-refractivity contribution in [3.05, 3.63) is 15.8 Å². The number of aryl methyl sites for hydroxylation is 1. The average Bonchev–Trinajstić information content (AvgIpc) is 2.82. The van der Waals surface area contributed by atoms with E-state index in [0.717, 1.165) is 5.56 Å². The number of esters is 1. The number of ether oxygens (including phenoxy) is 1. The molecule has 1 aromatic rings. The third-order valence-electron chi connectivity index (χ3n) is 3.13. The predicted molar refractivity (Wildman–Crippen MR) is 78.4 cm³/mol. The maximum Gasteiger partial charge on any atom is 0.350 e. The molecule has 2 amide bonds. The van der Waals surface area contributed by atoms with Crippen molar-refractivity contribution in [2.75, 3.05) is 25.5 Å². The van der Waals surface area contributed by atoms with Crippen LogP contribution in [0, 0.1) is 6.92 Å². The van der Waals surface area contributed by atoms with Crippen molar-refractivity contribution >= 4 is 34.8 Å². The minimum Gasteiger partial charge on any atom is -0.465 e. The molecule has 0 radical (unpaired) electrons. The molecule has 2 rings (SSSR count). The fourth-order valence-corrected chi connectivity index (χ4v) is 2.95. The molecule has 1 aliphatic heterocycles. The third-order valence-corrected chi connectivity index (χ3v) is 4.21. The standard InChI is InChI=1S/C13H17N3O4S/c1-7-6-21-11(13(19)20-2)10(7)16-9(17)5-8-12(18)15-4-3-14-8/h6,8,14H,3-5H2,1-2H3,(H,15,18)(H,16,17)/t8-/m1/s1. The molecule has 0 saturated carbocycles. The molecular weight excluding hydrogens is 294 g/mol. The Morgan fingerprint density at radius 1 is 1.48 bits per heavy atom. The van der Waals surface area contributed by atoms with Crippen molar-refractivity contribution in [3.8, 4) is 0 Å². The number of carbonyl (C=O) groups excluding carboxylic acids is 3. The van der Waals surface area contributed by atoms with Gasteiger partial charge in [0.15, 0.2) is 0 Å². The van der Waals surface area contributed by atoms with Gasteiger partial charge >= 0.3 is 5.97 Å². The lowest BCUT2D eigenvalue weighted by molar-refractivity contribution is -0.127. The highest BCUT2D eigenvalue weighted by Crippen LogP contribution is 2.28. The summed E-state index contributed by atoms with van der Waals surface area (Å²) in [6.45, 7) is 2.99. The molecule has 8 heteroatoms. The number of thiophene rings is 1. The van der Waals surface area contributed by atoms with Gasteiger partial charge in [0.25, 0.3) is 0 Å². The minimum atomic E-state index is -0.542. The number of anilines is 1. The molecule has 1 saturated heterocycles. The van der Waals surface area contributed by atoms with Crippen molar-refractivity contribution in [2.45, 2.75) is 19.4 Å². The van der Waals surface area contributed by atoms with Crippen LogP contribution in [0.3, 0.4) is 0 Å². The lowest BCUT2D eigenvalue weighted by Gasteiger charge is -2.22. The Morgan fingerprint density at radius 3 is 2.90 bits per heavy atom. The lowest BCUT2D eigenvalue weighted by Crippen LogP contribution is -2.53. The normalized spacial score (nSPS) is 18.0. The number of nitrogens with one attached hydrogen (secondary N) is 3. The van der Waals surface area contributed by atoms with E-state index < -0.39 is 12.0 Å². The summed E-state index contributed by atoms with van der Waals surface area (Å²) in [5.74, 6) is -1.00. The maximum absolute atomic E-state index is 12.1. The Hall–Kier alpha value is -1.93. The zero-order valence-electron chi connectivity index (χ0n) is 11.8. The molecule has 1 aromatic heterocycles. The van der Waals surface area contributed by atoms with Crippen LogP contribution >= 0.6 is 11.3 Å². The second-order valence-electron chi connectivity index (χ2n) is 4.66. The van der Waals surface area contributed by atoms with E-state index in [1.807, 2.05) is 0 Å². The van der Waals surface area contributed by atoms with Crippen LogP contribution < -0.4 is 16.0 Å². The van der Waals surface area contributed by atoms with E-state index in [1.165, 1.54) is 18.4 Å². The first-order valence-electron chi connectivity index (χ1n) is 6.50. The van der Waals surface area contributed by atoms with Gasteiger partial charge in [-0.05, 0) is 17.9 Å². The molecule has 7 nitrogen and oxygen atoms in total. The molecule has 0 aliphatic carbocycles. The largest absolute Gasteiger partial charge is 0.465 e. The van der Waals surface area contributed by atoms with Crippen LogP contribution in [-0.4, -0.2) is 44.0 Å². The summed E-state index contributed by atoms with van der Waals surface area (Å²) in [7, 11) is 1.29. The molecule has 114 valence electrons. The summed E-state index contributed by atoms with van der Waals surface area (Å²) in [4.78, 5) is 35.6. The van der Waals surface area contributed by atoms with E-state index in [0.29, 0.717) is 23.7 Å². The molecule has 0 unspecified atom stereocenters. The number of rotatable bonds is 4. The highest BCUT2D eigenvalue weighted by Gasteiger charge is 2.25. The molecule has 2 heterocycles. The number of amides is 2. The highest BCUT2D eigenvalue weighted by molar-refractivity contribution is 7.12. The number of hydrogen-bond donors (Lipinski definition) is 3. The first kappa shape index (κ1) is 15.5. The number of hydrogen-bond acceptors (Lipinski definition) is 6. The Bertz CT molecular complexity index is 570. The predicted octanol–water partition coefficient (Wildman–Crippen LogP) is 0.260. The molecule has 0 bridgehead atoms. The Morgan fingerprint density at radius 2 is 2.24 bits per heavy atom. The van der Waals surface area contributed by atoms with Crippen LogP contribution in [0.1, 0.15) is 21.7 Å². The van der Waals surface area contributed by atoms with Gasteiger partial charge in [0, 0.05) is 13.1 Å². The van der Waals surface area contributed by atoms with Gasteiger partial charge in [-0.2, -0.15) is 0 Å². The molecule has 21 heavy (non-hydrogen) atoms. The lowest BCUT2D eigenvalue weighted by atomic mass is 10.1. The Balaban J connectivity index is 2.04. The molecule has 1 fully saturated rings. The summed E-state index contributed by atoms with van der Waals surface area (Å²) in [6.07, 6.45) is 0.0156. The van der Waals surface area contributed by atoms with Crippen LogP contribution in [-0.2, 0) is 14.3 Å². The molecule has 0 aromatic carbocycles. The van der Waals surface area contributed by atoms with Gasteiger partial charge in [-0.3, -0.25) is 9.59 Å². The zero-order chi connectivity index (χ0) is 15.4. The van der Waals surface area contributed by atoms with Gasteiger partial charge in [-0.1, -0.05) is 0 Å². The van der Waals surface area contributed by atoms with E-state index in [2.05, 4.69) is 20.7 Å². The molecule has 0 spiro atoms.